The highest BCUT2D eigenvalue weighted by Crippen LogP contribution is 2.35. The second-order valence-corrected chi connectivity index (χ2v) is 8.56. The molecule has 5 rings (SSSR count). The van der Waals surface area contributed by atoms with Gasteiger partial charge >= 0.3 is 0 Å². The van der Waals surface area contributed by atoms with Gasteiger partial charge in [0.1, 0.15) is 6.54 Å². The van der Waals surface area contributed by atoms with E-state index in [9.17, 15) is 9.59 Å². The van der Waals surface area contributed by atoms with Crippen molar-refractivity contribution in [2.75, 3.05) is 13.1 Å². The number of hydrogen-bond donors (Lipinski definition) is 0. The highest BCUT2D eigenvalue weighted by molar-refractivity contribution is 9.10. The summed E-state index contributed by atoms with van der Waals surface area (Å²) in [4.78, 5) is 27.2. The molecule has 0 aliphatic carbocycles. The van der Waals surface area contributed by atoms with E-state index >= 15 is 0 Å². The minimum absolute atomic E-state index is 0.0753. The summed E-state index contributed by atoms with van der Waals surface area (Å²) in [5.41, 5.74) is 2.21. The van der Waals surface area contributed by atoms with E-state index in [1.165, 1.54) is 0 Å². The average molecular weight is 426 g/mol. The predicted molar refractivity (Wildman–Crippen MR) is 108 cm³/mol. The van der Waals surface area contributed by atoms with Crippen molar-refractivity contribution in [1.82, 2.24) is 14.0 Å². The number of nitrogens with zero attached hydrogens (tertiary/aromatic N) is 3. The number of fused-ring (bicyclic) bond motifs is 5. The smallest absolute Gasteiger partial charge is 0.250 e. The third-order valence-corrected chi connectivity index (χ3v) is 6.37. The van der Waals surface area contributed by atoms with Crippen molar-refractivity contribution in [3.05, 3.63) is 69.2 Å². The maximum Gasteiger partial charge on any atom is 0.250 e. The molecule has 2 aliphatic rings. The van der Waals surface area contributed by atoms with E-state index in [0.29, 0.717) is 25.6 Å². The number of halogens is 1. The lowest BCUT2D eigenvalue weighted by molar-refractivity contribution is -0.134. The highest BCUT2D eigenvalue weighted by atomic mass is 79.9. The fourth-order valence-corrected chi connectivity index (χ4v) is 4.99. The van der Waals surface area contributed by atoms with Crippen LogP contribution in [-0.4, -0.2) is 33.0 Å². The van der Waals surface area contributed by atoms with Gasteiger partial charge in [0.05, 0.1) is 0 Å². The zero-order valence-corrected chi connectivity index (χ0v) is 16.4. The molecule has 0 radical (unpaired) electrons. The summed E-state index contributed by atoms with van der Waals surface area (Å²) in [6.07, 6.45) is 3.04. The lowest BCUT2D eigenvalue weighted by atomic mass is 9.83. The Kier molecular flexibility index (Phi) is 3.97. The van der Waals surface area contributed by atoms with Crippen LogP contribution in [0, 0.1) is 5.92 Å². The normalized spacial score (nSPS) is 21.3. The first-order valence-electron chi connectivity index (χ1n) is 9.30. The second-order valence-electron chi connectivity index (χ2n) is 7.64. The molecule has 0 N–H and O–H groups in total. The SMILES string of the molecule is O=C(Cn1ccc2ccc(Br)cc21)N1CC2CC(C1)c1cccc(=O)n1C2. The molecule has 2 unspecified atom stereocenters. The number of piperidine rings is 1. The number of pyridine rings is 1. The molecule has 5 nitrogen and oxygen atoms in total. The summed E-state index contributed by atoms with van der Waals surface area (Å²) in [6.45, 7) is 2.50. The molecule has 6 heteroatoms. The third-order valence-electron chi connectivity index (χ3n) is 5.87. The zero-order valence-electron chi connectivity index (χ0n) is 14.8. The number of aromatic nitrogens is 2. The summed E-state index contributed by atoms with van der Waals surface area (Å²) in [7, 11) is 0. The van der Waals surface area contributed by atoms with E-state index in [-0.39, 0.29) is 17.4 Å². The van der Waals surface area contributed by atoms with Gasteiger partial charge in [-0.25, -0.2) is 0 Å². The van der Waals surface area contributed by atoms with Crippen LogP contribution in [0.3, 0.4) is 0 Å². The molecule has 4 heterocycles. The predicted octanol–water partition coefficient (Wildman–Crippen LogP) is 3.21. The Hall–Kier alpha value is -2.34. The van der Waals surface area contributed by atoms with Crippen LogP contribution in [0.15, 0.2) is 57.9 Å². The average Bonchev–Trinajstić information content (AvgIpc) is 3.04. The van der Waals surface area contributed by atoms with Gasteiger partial charge in [-0.1, -0.05) is 28.1 Å². The fraction of sp³-hybridized carbons (Fsp3) is 0.333. The molecule has 27 heavy (non-hydrogen) atoms. The van der Waals surface area contributed by atoms with Gasteiger partial charge in [-0.2, -0.15) is 0 Å². The first-order valence-corrected chi connectivity index (χ1v) is 10.1. The molecule has 0 saturated carbocycles. The van der Waals surface area contributed by atoms with Crippen molar-refractivity contribution >= 4 is 32.7 Å². The van der Waals surface area contributed by atoms with Crippen LogP contribution >= 0.6 is 15.9 Å². The first-order chi connectivity index (χ1) is 13.1. The van der Waals surface area contributed by atoms with Crippen LogP contribution in [0.2, 0.25) is 0 Å². The topological polar surface area (TPSA) is 47.2 Å². The van der Waals surface area contributed by atoms with Crippen molar-refractivity contribution in [3.8, 4) is 0 Å². The van der Waals surface area contributed by atoms with E-state index in [0.717, 1.165) is 34.0 Å². The van der Waals surface area contributed by atoms with Gasteiger partial charge in [0.15, 0.2) is 0 Å². The molecule has 2 aromatic heterocycles. The molecule has 1 saturated heterocycles. The molecule has 1 aromatic carbocycles. The maximum absolute atomic E-state index is 13.0. The molecule has 2 bridgehead atoms. The van der Waals surface area contributed by atoms with Crippen molar-refractivity contribution in [3.63, 3.8) is 0 Å². The Bertz CT molecular complexity index is 1100. The molecule has 0 spiro atoms. The number of amides is 1. The van der Waals surface area contributed by atoms with Gasteiger partial charge in [-0.3, -0.25) is 9.59 Å². The number of carbonyl (C=O) groups is 1. The summed E-state index contributed by atoms with van der Waals surface area (Å²) >= 11 is 3.51. The van der Waals surface area contributed by atoms with Crippen LogP contribution in [0.5, 0.6) is 0 Å². The Morgan fingerprint density at radius 2 is 2.00 bits per heavy atom. The minimum atomic E-state index is 0.0753. The van der Waals surface area contributed by atoms with E-state index in [2.05, 4.69) is 28.1 Å². The quantitative estimate of drug-likeness (QED) is 0.632. The third kappa shape index (κ3) is 2.92. The monoisotopic (exact) mass is 425 g/mol. The standard InChI is InChI=1S/C21H20BrN3O2/c22-17-5-4-15-6-7-23(19(15)9-17)13-21(27)24-10-14-8-16(12-24)18-2-1-3-20(26)25(18)11-14/h1-7,9,14,16H,8,10-13H2. The van der Waals surface area contributed by atoms with Crippen LogP contribution in [0.4, 0.5) is 0 Å². The summed E-state index contributed by atoms with van der Waals surface area (Å²) < 4.78 is 4.93. The number of carbonyl (C=O) groups excluding carboxylic acids is 1. The van der Waals surface area contributed by atoms with E-state index in [1.807, 2.05) is 44.5 Å². The van der Waals surface area contributed by atoms with E-state index < -0.39 is 0 Å². The summed E-state index contributed by atoms with van der Waals surface area (Å²) in [6, 6.07) is 13.7. The van der Waals surface area contributed by atoms with E-state index in [4.69, 9.17) is 0 Å². The first kappa shape index (κ1) is 16.8. The van der Waals surface area contributed by atoms with Gasteiger partial charge in [0, 0.05) is 53.5 Å². The molecular formula is C21H20BrN3O2. The number of hydrogen-bond acceptors (Lipinski definition) is 2. The van der Waals surface area contributed by atoms with Crippen molar-refractivity contribution in [2.24, 2.45) is 5.92 Å². The van der Waals surface area contributed by atoms with Crippen LogP contribution in [-0.2, 0) is 17.9 Å². The minimum Gasteiger partial charge on any atom is -0.340 e. The fourth-order valence-electron chi connectivity index (χ4n) is 4.64. The Morgan fingerprint density at radius 3 is 2.89 bits per heavy atom. The number of benzene rings is 1. The Labute approximate surface area is 165 Å². The van der Waals surface area contributed by atoms with Gasteiger partial charge < -0.3 is 14.0 Å². The summed E-state index contributed by atoms with van der Waals surface area (Å²) in [5, 5.41) is 1.13. The lowest BCUT2D eigenvalue weighted by Crippen LogP contribution is -2.49. The van der Waals surface area contributed by atoms with Crippen LogP contribution < -0.4 is 5.56 Å². The molecule has 3 aromatic rings. The molecular weight excluding hydrogens is 406 g/mol. The number of likely N-dealkylation sites (tertiary alicyclic amines) is 1. The largest absolute Gasteiger partial charge is 0.340 e. The maximum atomic E-state index is 13.0. The Balaban J connectivity index is 1.39. The summed E-state index contributed by atoms with van der Waals surface area (Å²) in [5.74, 6) is 0.760. The zero-order chi connectivity index (χ0) is 18.5. The molecule has 1 amide bonds. The molecule has 2 aliphatic heterocycles. The van der Waals surface area contributed by atoms with E-state index in [1.54, 1.807) is 6.07 Å². The molecule has 2 atom stereocenters. The van der Waals surface area contributed by atoms with Crippen molar-refractivity contribution in [2.45, 2.75) is 25.4 Å². The lowest BCUT2D eigenvalue weighted by Gasteiger charge is -2.42. The van der Waals surface area contributed by atoms with Gasteiger partial charge in [-0.15, -0.1) is 0 Å². The molecule has 138 valence electrons. The van der Waals surface area contributed by atoms with Crippen LogP contribution in [0.1, 0.15) is 18.0 Å². The van der Waals surface area contributed by atoms with Crippen LogP contribution in [0.25, 0.3) is 10.9 Å². The van der Waals surface area contributed by atoms with Gasteiger partial charge in [0.2, 0.25) is 5.91 Å². The van der Waals surface area contributed by atoms with Gasteiger partial charge in [-0.05, 0) is 42.0 Å². The number of rotatable bonds is 2. The highest BCUT2D eigenvalue weighted by Gasteiger charge is 2.36. The molecule has 1 fully saturated rings. The van der Waals surface area contributed by atoms with Gasteiger partial charge in [0.25, 0.3) is 5.56 Å². The second kappa shape index (κ2) is 6.37. The van der Waals surface area contributed by atoms with Crippen molar-refractivity contribution < 1.29 is 4.79 Å². The van der Waals surface area contributed by atoms with Crippen molar-refractivity contribution in [1.29, 1.82) is 0 Å². The Morgan fingerprint density at radius 1 is 1.11 bits per heavy atom.